The van der Waals surface area contributed by atoms with Crippen LogP contribution in [-0.4, -0.2) is 12.5 Å². The van der Waals surface area contributed by atoms with Crippen LogP contribution >= 0.6 is 0 Å². The Morgan fingerprint density at radius 3 is 2.72 bits per heavy atom. The van der Waals surface area contributed by atoms with E-state index in [1.54, 1.807) is 30.4 Å². The van der Waals surface area contributed by atoms with Crippen molar-refractivity contribution in [3.8, 4) is 5.75 Å². The molecular formula is C13H13F2NO2. The molecule has 1 rings (SSSR count). The molecule has 0 bridgehead atoms. The maximum Gasteiger partial charge on any atom is 0.387 e. The number of halogens is 2. The Morgan fingerprint density at radius 2 is 2.06 bits per heavy atom. The molecule has 0 heterocycles. The van der Waals surface area contributed by atoms with E-state index in [-0.39, 0.29) is 11.4 Å². The molecule has 1 aromatic rings. The van der Waals surface area contributed by atoms with Gasteiger partial charge in [0.1, 0.15) is 5.75 Å². The first-order chi connectivity index (χ1) is 8.63. The number of nitrogens with one attached hydrogen (secondary N) is 1. The second-order valence-electron chi connectivity index (χ2n) is 3.25. The fraction of sp³-hybridized carbons (Fsp3) is 0.154. The minimum Gasteiger partial charge on any atom is -0.433 e. The highest BCUT2D eigenvalue weighted by Gasteiger charge is 2.09. The van der Waals surface area contributed by atoms with Crippen LogP contribution in [0.1, 0.15) is 6.92 Å². The zero-order chi connectivity index (χ0) is 13.4. The van der Waals surface area contributed by atoms with Gasteiger partial charge < -0.3 is 10.1 Å². The summed E-state index contributed by atoms with van der Waals surface area (Å²) in [4.78, 5) is 11.5. The van der Waals surface area contributed by atoms with E-state index >= 15 is 0 Å². The van der Waals surface area contributed by atoms with Crippen LogP contribution in [0.25, 0.3) is 0 Å². The second-order valence-corrected chi connectivity index (χ2v) is 3.25. The molecule has 0 aromatic heterocycles. The van der Waals surface area contributed by atoms with Crippen molar-refractivity contribution in [2.75, 3.05) is 5.32 Å². The Labute approximate surface area is 104 Å². The van der Waals surface area contributed by atoms with Crippen molar-refractivity contribution in [3.05, 3.63) is 48.6 Å². The smallest absolute Gasteiger partial charge is 0.387 e. The number of anilines is 1. The van der Waals surface area contributed by atoms with Crippen molar-refractivity contribution in [3.63, 3.8) is 0 Å². The average molecular weight is 253 g/mol. The standard InChI is InChI=1S/C13H13F2NO2/c1-2-3-4-9-12(17)16-10-7-5-6-8-11(10)18-13(14)15/h2-9,13H,1H3,(H,16,17)/b3-2+,9-4+. The van der Waals surface area contributed by atoms with Crippen LogP contribution in [0, 0.1) is 0 Å². The van der Waals surface area contributed by atoms with Gasteiger partial charge in [0.15, 0.2) is 0 Å². The lowest BCUT2D eigenvalue weighted by Crippen LogP contribution is -2.11. The van der Waals surface area contributed by atoms with Gasteiger partial charge in [0.2, 0.25) is 5.91 Å². The van der Waals surface area contributed by atoms with Crippen LogP contribution in [0.3, 0.4) is 0 Å². The van der Waals surface area contributed by atoms with E-state index in [1.807, 2.05) is 6.92 Å². The first-order valence-electron chi connectivity index (χ1n) is 5.27. The number of carbonyl (C=O) groups excluding carboxylic acids is 1. The summed E-state index contributed by atoms with van der Waals surface area (Å²) in [5, 5.41) is 2.46. The van der Waals surface area contributed by atoms with Gasteiger partial charge in [0, 0.05) is 6.08 Å². The lowest BCUT2D eigenvalue weighted by molar-refractivity contribution is -0.112. The van der Waals surface area contributed by atoms with E-state index < -0.39 is 12.5 Å². The lowest BCUT2D eigenvalue weighted by Gasteiger charge is -2.10. The number of carbonyl (C=O) groups is 1. The number of hydrogen-bond donors (Lipinski definition) is 1. The Morgan fingerprint density at radius 1 is 1.33 bits per heavy atom. The van der Waals surface area contributed by atoms with Crippen LogP contribution < -0.4 is 10.1 Å². The quantitative estimate of drug-likeness (QED) is 0.645. The highest BCUT2D eigenvalue weighted by molar-refractivity contribution is 6.00. The van der Waals surface area contributed by atoms with E-state index in [1.165, 1.54) is 18.2 Å². The molecule has 5 heteroatoms. The summed E-state index contributed by atoms with van der Waals surface area (Å²) >= 11 is 0. The number of rotatable bonds is 5. The molecule has 1 aromatic carbocycles. The molecular weight excluding hydrogens is 240 g/mol. The molecule has 0 fully saturated rings. The molecule has 1 N–H and O–H groups in total. The molecule has 0 aliphatic rings. The van der Waals surface area contributed by atoms with Crippen LogP contribution in [0.2, 0.25) is 0 Å². The van der Waals surface area contributed by atoms with Crippen LogP contribution in [0.15, 0.2) is 48.6 Å². The molecule has 1 amide bonds. The molecule has 0 spiro atoms. The molecule has 0 radical (unpaired) electrons. The number of amides is 1. The average Bonchev–Trinajstić information content (AvgIpc) is 2.31. The summed E-state index contributed by atoms with van der Waals surface area (Å²) in [5.74, 6) is -0.487. The lowest BCUT2D eigenvalue weighted by atomic mass is 10.3. The van der Waals surface area contributed by atoms with Crippen LogP contribution in [-0.2, 0) is 4.79 Å². The van der Waals surface area contributed by atoms with Crippen molar-refractivity contribution in [2.45, 2.75) is 13.5 Å². The van der Waals surface area contributed by atoms with Gasteiger partial charge in [0.25, 0.3) is 0 Å². The summed E-state index contributed by atoms with van der Waals surface area (Å²) in [6.45, 7) is -1.12. The minimum atomic E-state index is -2.93. The highest BCUT2D eigenvalue weighted by atomic mass is 19.3. The van der Waals surface area contributed by atoms with E-state index in [0.717, 1.165) is 0 Å². The number of ether oxygens (including phenoxy) is 1. The Kier molecular flexibility index (Phi) is 5.57. The predicted molar refractivity (Wildman–Crippen MR) is 65.7 cm³/mol. The van der Waals surface area contributed by atoms with E-state index in [0.29, 0.717) is 0 Å². The van der Waals surface area contributed by atoms with Crippen molar-refractivity contribution in [1.29, 1.82) is 0 Å². The molecule has 0 atom stereocenters. The zero-order valence-electron chi connectivity index (χ0n) is 9.77. The van der Waals surface area contributed by atoms with Gasteiger partial charge in [-0.2, -0.15) is 8.78 Å². The maximum atomic E-state index is 12.1. The van der Waals surface area contributed by atoms with Crippen LogP contribution in [0.5, 0.6) is 5.75 Å². The molecule has 0 aliphatic heterocycles. The Hall–Kier alpha value is -2.17. The van der Waals surface area contributed by atoms with E-state index in [4.69, 9.17) is 0 Å². The third-order valence-electron chi connectivity index (χ3n) is 1.91. The first kappa shape index (κ1) is 13.9. The summed E-state index contributed by atoms with van der Waals surface area (Å²) in [7, 11) is 0. The highest BCUT2D eigenvalue weighted by Crippen LogP contribution is 2.25. The van der Waals surface area contributed by atoms with Crippen molar-refractivity contribution >= 4 is 11.6 Å². The predicted octanol–water partition coefficient (Wildman–Crippen LogP) is 3.36. The number of hydrogen-bond acceptors (Lipinski definition) is 2. The zero-order valence-corrected chi connectivity index (χ0v) is 9.77. The third kappa shape index (κ3) is 4.78. The number of benzene rings is 1. The summed E-state index contributed by atoms with van der Waals surface area (Å²) < 4.78 is 28.5. The second kappa shape index (κ2) is 7.21. The summed E-state index contributed by atoms with van der Waals surface area (Å²) in [6.07, 6.45) is 6.28. The van der Waals surface area contributed by atoms with Gasteiger partial charge in [-0.3, -0.25) is 4.79 Å². The van der Waals surface area contributed by atoms with Gasteiger partial charge in [-0.15, -0.1) is 0 Å². The van der Waals surface area contributed by atoms with Gasteiger partial charge >= 0.3 is 6.61 Å². The molecule has 18 heavy (non-hydrogen) atoms. The van der Waals surface area contributed by atoms with Gasteiger partial charge in [0.05, 0.1) is 5.69 Å². The Balaban J connectivity index is 2.74. The Bertz CT molecular complexity index is 456. The first-order valence-corrected chi connectivity index (χ1v) is 5.27. The number of alkyl halides is 2. The molecule has 0 unspecified atom stereocenters. The fourth-order valence-corrected chi connectivity index (χ4v) is 1.20. The van der Waals surface area contributed by atoms with Gasteiger partial charge in [-0.05, 0) is 19.1 Å². The van der Waals surface area contributed by atoms with Crippen molar-refractivity contribution in [2.24, 2.45) is 0 Å². The van der Waals surface area contributed by atoms with E-state index in [2.05, 4.69) is 10.1 Å². The molecule has 0 saturated carbocycles. The van der Waals surface area contributed by atoms with Crippen molar-refractivity contribution in [1.82, 2.24) is 0 Å². The fourth-order valence-electron chi connectivity index (χ4n) is 1.20. The summed E-state index contributed by atoms with van der Waals surface area (Å²) in [5.41, 5.74) is 0.202. The molecule has 3 nitrogen and oxygen atoms in total. The topological polar surface area (TPSA) is 38.3 Å². The largest absolute Gasteiger partial charge is 0.433 e. The number of allylic oxidation sites excluding steroid dienone is 3. The molecule has 0 aliphatic carbocycles. The SMILES string of the molecule is C/C=C/C=C/C(=O)Nc1ccccc1OC(F)F. The van der Waals surface area contributed by atoms with Gasteiger partial charge in [-0.1, -0.05) is 30.4 Å². The third-order valence-corrected chi connectivity index (χ3v) is 1.91. The summed E-state index contributed by atoms with van der Waals surface area (Å²) in [6, 6.07) is 6.00. The van der Waals surface area contributed by atoms with Crippen LogP contribution in [0.4, 0.5) is 14.5 Å². The van der Waals surface area contributed by atoms with Gasteiger partial charge in [-0.25, -0.2) is 0 Å². The van der Waals surface area contributed by atoms with E-state index in [9.17, 15) is 13.6 Å². The number of para-hydroxylation sites is 2. The molecule has 0 saturated heterocycles. The van der Waals surface area contributed by atoms with Crippen molar-refractivity contribution < 1.29 is 18.3 Å². The normalized spacial score (nSPS) is 11.3. The minimum absolute atomic E-state index is 0.0692. The monoisotopic (exact) mass is 253 g/mol. The molecule has 96 valence electrons. The maximum absolute atomic E-state index is 12.1.